The van der Waals surface area contributed by atoms with E-state index in [1.807, 2.05) is 32.9 Å². The molecule has 1 amide bonds. The molecule has 1 atom stereocenters. The van der Waals surface area contributed by atoms with Gasteiger partial charge in [-0.1, -0.05) is 47.6 Å². The minimum atomic E-state index is -2.25. The van der Waals surface area contributed by atoms with Crippen molar-refractivity contribution < 1.29 is 23.5 Å². The molecule has 1 fully saturated rings. The molecule has 0 aromatic heterocycles. The molecule has 0 N–H and O–H groups in total. The van der Waals surface area contributed by atoms with Crippen LogP contribution in [-0.2, 0) is 4.74 Å². The Labute approximate surface area is 207 Å². The van der Waals surface area contributed by atoms with Crippen molar-refractivity contribution in [2.24, 2.45) is 0 Å². The number of piperidine rings is 1. The zero-order chi connectivity index (χ0) is 25.8. The molecule has 1 unspecified atom stereocenters. The molecule has 0 saturated carbocycles. The average Bonchev–Trinajstić information content (AvgIpc) is 2.74. The first-order valence-corrected chi connectivity index (χ1v) is 14.8. The van der Waals surface area contributed by atoms with E-state index in [4.69, 9.17) is 13.9 Å². The molecule has 1 saturated heterocycles. The van der Waals surface area contributed by atoms with Crippen LogP contribution in [0.15, 0.2) is 18.2 Å². The minimum Gasteiger partial charge on any atom is -0.540 e. The molecule has 0 bridgehead atoms. The summed E-state index contributed by atoms with van der Waals surface area (Å²) >= 11 is 0. The lowest BCUT2D eigenvalue weighted by molar-refractivity contribution is 0.0104. The number of nitrogens with zero attached hydrogens (tertiary/aromatic N) is 1. The molecule has 1 aromatic carbocycles. The standard InChI is InChI=1S/C27H45NO5Si/c1-18(2)34(19(3)4,20(5)6)33-23-16-13-14-21(25(23)31-10)24(29)22-15-11-12-17-28(22)26(30)32-27(7,8)9/h13-14,16,18-20,22H,11-12,15,17H2,1-10H3. The summed E-state index contributed by atoms with van der Waals surface area (Å²) in [7, 11) is -0.669. The zero-order valence-corrected chi connectivity index (χ0v) is 23.9. The fourth-order valence-electron chi connectivity index (χ4n) is 5.47. The van der Waals surface area contributed by atoms with Crippen molar-refractivity contribution in [1.29, 1.82) is 0 Å². The number of Topliss-reactive ketones (excluding diaryl/α,β-unsaturated/α-hetero) is 1. The largest absolute Gasteiger partial charge is 0.540 e. The van der Waals surface area contributed by atoms with Crippen molar-refractivity contribution in [2.75, 3.05) is 13.7 Å². The van der Waals surface area contributed by atoms with E-state index >= 15 is 0 Å². The van der Waals surface area contributed by atoms with E-state index in [1.165, 1.54) is 0 Å². The van der Waals surface area contributed by atoms with Gasteiger partial charge < -0.3 is 13.9 Å². The number of amides is 1. The summed E-state index contributed by atoms with van der Waals surface area (Å²) < 4.78 is 18.3. The third kappa shape index (κ3) is 5.96. The Balaban J connectivity index is 2.47. The second-order valence-corrected chi connectivity index (χ2v) is 16.7. The van der Waals surface area contributed by atoms with E-state index in [0.717, 1.165) is 12.8 Å². The van der Waals surface area contributed by atoms with Gasteiger partial charge in [0.05, 0.1) is 18.7 Å². The molecule has 2 rings (SSSR count). The van der Waals surface area contributed by atoms with Crippen molar-refractivity contribution in [2.45, 2.75) is 110 Å². The lowest BCUT2D eigenvalue weighted by Crippen LogP contribution is -2.51. The van der Waals surface area contributed by atoms with Crippen LogP contribution in [0, 0.1) is 0 Å². The first-order chi connectivity index (χ1) is 15.8. The molecule has 34 heavy (non-hydrogen) atoms. The van der Waals surface area contributed by atoms with Crippen LogP contribution in [0.5, 0.6) is 11.5 Å². The van der Waals surface area contributed by atoms with Gasteiger partial charge in [-0.3, -0.25) is 9.69 Å². The molecule has 6 nitrogen and oxygen atoms in total. The predicted octanol–water partition coefficient (Wildman–Crippen LogP) is 7.22. The summed E-state index contributed by atoms with van der Waals surface area (Å²) in [5, 5.41) is 0. The van der Waals surface area contributed by atoms with Gasteiger partial charge in [0, 0.05) is 6.54 Å². The zero-order valence-electron chi connectivity index (χ0n) is 22.9. The quantitative estimate of drug-likeness (QED) is 0.284. The number of methoxy groups -OCH3 is 1. The Morgan fingerprint density at radius 2 is 1.59 bits per heavy atom. The maximum atomic E-state index is 13.8. The highest BCUT2D eigenvalue weighted by Crippen LogP contribution is 2.45. The molecular formula is C27H45NO5Si. The van der Waals surface area contributed by atoms with Crippen molar-refractivity contribution in [3.63, 3.8) is 0 Å². The highest BCUT2D eigenvalue weighted by atomic mass is 28.4. The summed E-state index contributed by atoms with van der Waals surface area (Å²) in [5.74, 6) is 0.954. The first-order valence-electron chi connectivity index (χ1n) is 12.7. The van der Waals surface area contributed by atoms with E-state index < -0.39 is 26.1 Å². The Bertz CT molecular complexity index is 837. The summed E-state index contributed by atoms with van der Waals surface area (Å²) in [4.78, 5) is 28.3. The van der Waals surface area contributed by atoms with E-state index in [-0.39, 0.29) is 5.78 Å². The lowest BCUT2D eigenvalue weighted by Gasteiger charge is -2.42. The number of hydrogen-bond acceptors (Lipinski definition) is 5. The summed E-state index contributed by atoms with van der Waals surface area (Å²) in [5.41, 5.74) is 0.999. The average molecular weight is 492 g/mol. The van der Waals surface area contributed by atoms with E-state index in [2.05, 4.69) is 41.5 Å². The highest BCUT2D eigenvalue weighted by Gasteiger charge is 2.47. The summed E-state index contributed by atoms with van der Waals surface area (Å²) in [6.45, 7) is 19.4. The Hall–Kier alpha value is -2.02. The number of ketones is 1. The number of carbonyl (C=O) groups excluding carboxylic acids is 2. The van der Waals surface area contributed by atoms with Gasteiger partial charge in [0.2, 0.25) is 0 Å². The van der Waals surface area contributed by atoms with E-state index in [0.29, 0.717) is 46.7 Å². The molecule has 192 valence electrons. The Morgan fingerprint density at radius 3 is 2.09 bits per heavy atom. The molecule has 1 aliphatic rings. The number of benzene rings is 1. The molecule has 0 spiro atoms. The number of rotatable bonds is 8. The summed E-state index contributed by atoms with van der Waals surface area (Å²) in [6.07, 6.45) is 1.91. The monoisotopic (exact) mass is 491 g/mol. The molecule has 0 radical (unpaired) electrons. The summed E-state index contributed by atoms with van der Waals surface area (Å²) in [6, 6.07) is 4.96. The van der Waals surface area contributed by atoms with Gasteiger partial charge in [0.1, 0.15) is 11.4 Å². The third-order valence-corrected chi connectivity index (χ3v) is 12.9. The van der Waals surface area contributed by atoms with Crippen LogP contribution in [0.2, 0.25) is 16.6 Å². The second kappa shape index (κ2) is 11.1. The number of hydrogen-bond donors (Lipinski definition) is 0. The lowest BCUT2D eigenvalue weighted by atomic mass is 9.94. The first kappa shape index (κ1) is 28.2. The molecular weight excluding hydrogens is 446 g/mol. The number of carbonyl (C=O) groups is 2. The van der Waals surface area contributed by atoms with Crippen LogP contribution in [-0.4, -0.2) is 50.4 Å². The third-order valence-electron chi connectivity index (χ3n) is 6.88. The molecule has 1 heterocycles. The maximum absolute atomic E-state index is 13.8. The van der Waals surface area contributed by atoms with Crippen LogP contribution in [0.4, 0.5) is 4.79 Å². The number of para-hydroxylation sites is 1. The van der Waals surface area contributed by atoms with Gasteiger partial charge >= 0.3 is 6.09 Å². The van der Waals surface area contributed by atoms with Crippen molar-refractivity contribution in [1.82, 2.24) is 4.90 Å². The normalized spacial score (nSPS) is 17.3. The smallest absolute Gasteiger partial charge is 0.410 e. The van der Waals surface area contributed by atoms with Crippen molar-refractivity contribution >= 4 is 20.2 Å². The van der Waals surface area contributed by atoms with Crippen LogP contribution < -0.4 is 9.16 Å². The Kier molecular flexibility index (Phi) is 9.25. The molecule has 7 heteroatoms. The van der Waals surface area contributed by atoms with Crippen LogP contribution in [0.3, 0.4) is 0 Å². The van der Waals surface area contributed by atoms with Crippen LogP contribution >= 0.6 is 0 Å². The van der Waals surface area contributed by atoms with Crippen molar-refractivity contribution in [3.05, 3.63) is 23.8 Å². The second-order valence-electron chi connectivity index (χ2n) is 11.3. The van der Waals surface area contributed by atoms with Crippen LogP contribution in [0.1, 0.15) is 91.9 Å². The maximum Gasteiger partial charge on any atom is 0.410 e. The van der Waals surface area contributed by atoms with Gasteiger partial charge in [-0.15, -0.1) is 0 Å². The highest BCUT2D eigenvalue weighted by molar-refractivity contribution is 6.78. The van der Waals surface area contributed by atoms with Gasteiger partial charge in [-0.2, -0.15) is 0 Å². The molecule has 0 aliphatic carbocycles. The number of ether oxygens (including phenoxy) is 2. The fraction of sp³-hybridized carbons (Fsp3) is 0.704. The van der Waals surface area contributed by atoms with E-state index in [1.54, 1.807) is 18.1 Å². The Morgan fingerprint density at radius 1 is 1.00 bits per heavy atom. The predicted molar refractivity (Wildman–Crippen MR) is 140 cm³/mol. The van der Waals surface area contributed by atoms with Gasteiger partial charge in [-0.25, -0.2) is 4.79 Å². The number of likely N-dealkylation sites (tertiary alicyclic amines) is 1. The topological polar surface area (TPSA) is 65.1 Å². The van der Waals surface area contributed by atoms with Gasteiger partial charge in [-0.05, 0) is 68.8 Å². The minimum absolute atomic E-state index is 0.126. The van der Waals surface area contributed by atoms with Crippen LogP contribution in [0.25, 0.3) is 0 Å². The van der Waals surface area contributed by atoms with Gasteiger partial charge in [0.25, 0.3) is 8.32 Å². The molecule has 1 aromatic rings. The SMILES string of the molecule is COc1c(O[Si](C(C)C)(C(C)C)C(C)C)cccc1C(=O)C1CCCCN1C(=O)OC(C)(C)C. The van der Waals surface area contributed by atoms with E-state index in [9.17, 15) is 9.59 Å². The van der Waals surface area contributed by atoms with Crippen molar-refractivity contribution in [3.8, 4) is 11.5 Å². The molecule has 1 aliphatic heterocycles. The fourth-order valence-corrected chi connectivity index (χ4v) is 10.7. The van der Waals surface area contributed by atoms with Gasteiger partial charge in [0.15, 0.2) is 11.5 Å².